The molecule has 0 unspecified atom stereocenters. The molecular formula is C16H13N3O2S. The van der Waals surface area contributed by atoms with E-state index in [1.807, 2.05) is 25.1 Å². The second-order valence-corrected chi connectivity index (χ2v) is 5.74. The number of hydrogen-bond acceptors (Lipinski definition) is 5. The maximum Gasteiger partial charge on any atom is 0.269 e. The standard InChI is InChI=1S/C16H13N3O2S/c1-11-3-2-4-13(9-11)16-17-15(18-22-16)10-12-5-7-14(8-6-12)19(20)21/h2-9H,10H2,1H3. The van der Waals surface area contributed by atoms with Crippen molar-refractivity contribution in [2.24, 2.45) is 0 Å². The lowest BCUT2D eigenvalue weighted by atomic mass is 10.1. The number of nitro groups is 1. The van der Waals surface area contributed by atoms with Crippen molar-refractivity contribution < 1.29 is 4.92 Å². The molecule has 0 aliphatic heterocycles. The highest BCUT2D eigenvalue weighted by molar-refractivity contribution is 7.09. The summed E-state index contributed by atoms with van der Waals surface area (Å²) in [6.45, 7) is 2.04. The zero-order chi connectivity index (χ0) is 15.5. The van der Waals surface area contributed by atoms with E-state index in [0.717, 1.165) is 22.0 Å². The molecule has 110 valence electrons. The number of aryl methyl sites for hydroxylation is 1. The van der Waals surface area contributed by atoms with Crippen LogP contribution in [-0.4, -0.2) is 14.3 Å². The van der Waals surface area contributed by atoms with Crippen LogP contribution in [-0.2, 0) is 6.42 Å². The topological polar surface area (TPSA) is 68.9 Å². The predicted octanol–water partition coefficient (Wildman–Crippen LogP) is 4.01. The van der Waals surface area contributed by atoms with Gasteiger partial charge in [-0.05, 0) is 30.1 Å². The maximum atomic E-state index is 10.6. The van der Waals surface area contributed by atoms with E-state index in [4.69, 9.17) is 0 Å². The monoisotopic (exact) mass is 311 g/mol. The van der Waals surface area contributed by atoms with Gasteiger partial charge in [0.2, 0.25) is 0 Å². The molecule has 0 atom stereocenters. The molecule has 0 N–H and O–H groups in total. The molecule has 3 rings (SSSR count). The van der Waals surface area contributed by atoms with E-state index in [2.05, 4.69) is 15.4 Å². The van der Waals surface area contributed by atoms with Gasteiger partial charge in [0.05, 0.1) is 4.92 Å². The fourth-order valence-electron chi connectivity index (χ4n) is 2.14. The Bertz CT molecular complexity index is 812. The van der Waals surface area contributed by atoms with Crippen molar-refractivity contribution in [2.75, 3.05) is 0 Å². The Labute approximate surface area is 131 Å². The first-order valence-corrected chi connectivity index (χ1v) is 7.52. The van der Waals surface area contributed by atoms with Gasteiger partial charge in [-0.3, -0.25) is 10.1 Å². The molecule has 0 bridgehead atoms. The highest BCUT2D eigenvalue weighted by Gasteiger charge is 2.09. The first kappa shape index (κ1) is 14.3. The summed E-state index contributed by atoms with van der Waals surface area (Å²) in [6.07, 6.45) is 0.570. The van der Waals surface area contributed by atoms with Crippen molar-refractivity contribution in [1.82, 2.24) is 9.36 Å². The van der Waals surface area contributed by atoms with E-state index in [-0.39, 0.29) is 5.69 Å². The van der Waals surface area contributed by atoms with Gasteiger partial charge in [-0.15, -0.1) is 0 Å². The molecule has 0 saturated heterocycles. The summed E-state index contributed by atoms with van der Waals surface area (Å²) in [7, 11) is 0. The van der Waals surface area contributed by atoms with Crippen LogP contribution in [0.3, 0.4) is 0 Å². The van der Waals surface area contributed by atoms with Gasteiger partial charge in [0.15, 0.2) is 0 Å². The van der Waals surface area contributed by atoms with Gasteiger partial charge in [0.1, 0.15) is 10.8 Å². The molecule has 0 amide bonds. The molecule has 0 radical (unpaired) electrons. The lowest BCUT2D eigenvalue weighted by molar-refractivity contribution is -0.384. The molecule has 6 heteroatoms. The fourth-order valence-corrected chi connectivity index (χ4v) is 2.81. The van der Waals surface area contributed by atoms with Crippen molar-refractivity contribution in [3.05, 3.63) is 75.6 Å². The van der Waals surface area contributed by atoms with Crippen LogP contribution in [0.5, 0.6) is 0 Å². The van der Waals surface area contributed by atoms with Gasteiger partial charge in [-0.2, -0.15) is 4.37 Å². The van der Waals surface area contributed by atoms with Crippen LogP contribution in [0, 0.1) is 17.0 Å². The molecule has 0 spiro atoms. The Hall–Kier alpha value is -2.60. The number of benzene rings is 2. The summed E-state index contributed by atoms with van der Waals surface area (Å²) in [6, 6.07) is 14.6. The molecular weight excluding hydrogens is 298 g/mol. The zero-order valence-electron chi connectivity index (χ0n) is 11.9. The van der Waals surface area contributed by atoms with Crippen LogP contribution in [0.15, 0.2) is 48.5 Å². The third kappa shape index (κ3) is 3.17. The molecule has 1 aromatic heterocycles. The van der Waals surface area contributed by atoms with Gasteiger partial charge < -0.3 is 0 Å². The lowest BCUT2D eigenvalue weighted by Crippen LogP contribution is -1.92. The smallest absolute Gasteiger partial charge is 0.258 e. The fraction of sp³-hybridized carbons (Fsp3) is 0.125. The molecule has 2 aromatic carbocycles. The van der Waals surface area contributed by atoms with Crippen molar-refractivity contribution in [2.45, 2.75) is 13.3 Å². The van der Waals surface area contributed by atoms with E-state index in [1.54, 1.807) is 12.1 Å². The normalized spacial score (nSPS) is 10.6. The Morgan fingerprint density at radius 2 is 1.95 bits per heavy atom. The number of aromatic nitrogens is 2. The lowest BCUT2D eigenvalue weighted by Gasteiger charge is -1.98. The first-order chi connectivity index (χ1) is 10.6. The van der Waals surface area contributed by atoms with Gasteiger partial charge >= 0.3 is 0 Å². The van der Waals surface area contributed by atoms with Crippen LogP contribution >= 0.6 is 11.5 Å². The number of nitro benzene ring substituents is 1. The molecule has 5 nitrogen and oxygen atoms in total. The number of non-ortho nitro benzene ring substituents is 1. The molecule has 0 aliphatic rings. The van der Waals surface area contributed by atoms with Crippen LogP contribution in [0.25, 0.3) is 10.6 Å². The first-order valence-electron chi connectivity index (χ1n) is 6.75. The minimum Gasteiger partial charge on any atom is -0.258 e. The summed E-state index contributed by atoms with van der Waals surface area (Å²) in [4.78, 5) is 14.8. The van der Waals surface area contributed by atoms with Crippen LogP contribution in [0.2, 0.25) is 0 Å². The number of nitrogens with zero attached hydrogens (tertiary/aromatic N) is 3. The molecule has 3 aromatic rings. The Morgan fingerprint density at radius 3 is 2.64 bits per heavy atom. The summed E-state index contributed by atoms with van der Waals surface area (Å²) >= 11 is 1.37. The second kappa shape index (κ2) is 6.03. The molecule has 1 heterocycles. The highest BCUT2D eigenvalue weighted by atomic mass is 32.1. The molecule has 22 heavy (non-hydrogen) atoms. The van der Waals surface area contributed by atoms with Crippen LogP contribution < -0.4 is 0 Å². The number of hydrogen-bond donors (Lipinski definition) is 0. The summed E-state index contributed by atoms with van der Waals surface area (Å²) in [5.41, 5.74) is 3.30. The Kier molecular flexibility index (Phi) is 3.93. The third-order valence-corrected chi connectivity index (χ3v) is 4.04. The predicted molar refractivity (Wildman–Crippen MR) is 86.0 cm³/mol. The number of rotatable bonds is 4. The minimum absolute atomic E-state index is 0.0930. The van der Waals surface area contributed by atoms with Gasteiger partial charge in [0, 0.05) is 24.1 Å². The zero-order valence-corrected chi connectivity index (χ0v) is 12.7. The van der Waals surface area contributed by atoms with E-state index >= 15 is 0 Å². The Morgan fingerprint density at radius 1 is 1.18 bits per heavy atom. The maximum absolute atomic E-state index is 10.6. The summed E-state index contributed by atoms with van der Waals surface area (Å²) in [5, 5.41) is 11.5. The summed E-state index contributed by atoms with van der Waals surface area (Å²) in [5.74, 6) is 0.732. The van der Waals surface area contributed by atoms with Gasteiger partial charge in [-0.1, -0.05) is 35.9 Å². The second-order valence-electron chi connectivity index (χ2n) is 4.99. The van der Waals surface area contributed by atoms with E-state index in [0.29, 0.717) is 6.42 Å². The average Bonchev–Trinajstić information content (AvgIpc) is 2.96. The Balaban J connectivity index is 1.78. The van der Waals surface area contributed by atoms with Crippen molar-refractivity contribution >= 4 is 17.2 Å². The van der Waals surface area contributed by atoms with Crippen molar-refractivity contribution in [1.29, 1.82) is 0 Å². The quantitative estimate of drug-likeness (QED) is 0.539. The third-order valence-electron chi connectivity index (χ3n) is 3.24. The van der Waals surface area contributed by atoms with Crippen molar-refractivity contribution in [3.8, 4) is 10.6 Å². The average molecular weight is 311 g/mol. The largest absolute Gasteiger partial charge is 0.269 e. The highest BCUT2D eigenvalue weighted by Crippen LogP contribution is 2.23. The summed E-state index contributed by atoms with van der Waals surface area (Å²) < 4.78 is 4.37. The molecule has 0 aliphatic carbocycles. The van der Waals surface area contributed by atoms with Crippen LogP contribution in [0.4, 0.5) is 5.69 Å². The van der Waals surface area contributed by atoms with Gasteiger partial charge in [-0.25, -0.2) is 4.98 Å². The minimum atomic E-state index is -0.402. The SMILES string of the molecule is Cc1cccc(-c2nc(Cc3ccc([N+](=O)[O-])cc3)ns2)c1. The molecule has 0 saturated carbocycles. The van der Waals surface area contributed by atoms with E-state index < -0.39 is 4.92 Å². The van der Waals surface area contributed by atoms with Crippen molar-refractivity contribution in [3.63, 3.8) is 0 Å². The van der Waals surface area contributed by atoms with Crippen LogP contribution in [0.1, 0.15) is 17.0 Å². The van der Waals surface area contributed by atoms with E-state index in [9.17, 15) is 10.1 Å². The molecule has 0 fully saturated rings. The van der Waals surface area contributed by atoms with E-state index in [1.165, 1.54) is 29.2 Å². The van der Waals surface area contributed by atoms with Gasteiger partial charge in [0.25, 0.3) is 5.69 Å².